The van der Waals surface area contributed by atoms with Gasteiger partial charge in [0, 0.05) is 46.0 Å². The van der Waals surface area contributed by atoms with Gasteiger partial charge in [0.25, 0.3) is 0 Å². The maximum Gasteiger partial charge on any atom is 0.358 e. The first-order valence-electron chi connectivity index (χ1n) is 15.0. The minimum absolute atomic E-state index is 0.135. The van der Waals surface area contributed by atoms with Crippen molar-refractivity contribution < 1.29 is 28.5 Å². The molecule has 0 spiro atoms. The molecule has 48 heavy (non-hydrogen) atoms. The van der Waals surface area contributed by atoms with Gasteiger partial charge < -0.3 is 18.9 Å². The van der Waals surface area contributed by atoms with Crippen molar-refractivity contribution in [3.63, 3.8) is 0 Å². The summed E-state index contributed by atoms with van der Waals surface area (Å²) in [6.45, 7) is 5.46. The number of nitrogens with zero attached hydrogens (tertiary/aromatic N) is 4. The Morgan fingerprint density at radius 3 is 1.69 bits per heavy atom. The van der Waals surface area contributed by atoms with Gasteiger partial charge in [-0.05, 0) is 80.6 Å². The molecule has 244 valence electrons. The zero-order valence-electron chi connectivity index (χ0n) is 26.3. The van der Waals surface area contributed by atoms with Crippen LogP contribution in [-0.4, -0.2) is 45.1 Å². The minimum atomic E-state index is -0.450. The standard InChI is InChI=1S/2C18H16N2O3S/c1-2-22-15-7-5-14(6-8-15)17-20-16(12-24-17)18(21)23-11-13-4-3-9-19-10-13;1-2-22-15-8-6-13(7-9-15)17-20-16(12-24-17)18(21)23-11-14-5-3-4-10-19-14/h2*3-10,12H,2,11H2,1H3. The van der Waals surface area contributed by atoms with Gasteiger partial charge in [0.05, 0.1) is 18.9 Å². The van der Waals surface area contributed by atoms with Crippen LogP contribution in [0.15, 0.2) is 108 Å². The third-order valence-corrected chi connectivity index (χ3v) is 8.20. The average molecular weight is 681 g/mol. The van der Waals surface area contributed by atoms with Crippen molar-refractivity contribution in [1.29, 1.82) is 0 Å². The van der Waals surface area contributed by atoms with E-state index in [2.05, 4.69) is 19.9 Å². The van der Waals surface area contributed by atoms with Crippen LogP contribution in [0.4, 0.5) is 0 Å². The van der Waals surface area contributed by atoms with Crippen LogP contribution in [-0.2, 0) is 22.7 Å². The molecule has 0 fully saturated rings. The van der Waals surface area contributed by atoms with Gasteiger partial charge in [-0.1, -0.05) is 12.1 Å². The summed E-state index contributed by atoms with van der Waals surface area (Å²) in [5, 5.41) is 4.94. The highest BCUT2D eigenvalue weighted by molar-refractivity contribution is 7.13. The minimum Gasteiger partial charge on any atom is -0.494 e. The molecule has 0 aliphatic carbocycles. The SMILES string of the molecule is CCOc1ccc(-c2nc(C(=O)OCc3ccccn3)cs2)cc1.CCOc1ccc(-c2nc(C(=O)OCc3cccnc3)cs2)cc1. The molecule has 6 rings (SSSR count). The van der Waals surface area contributed by atoms with Crippen LogP contribution in [0, 0.1) is 0 Å². The predicted octanol–water partition coefficient (Wildman–Crippen LogP) is 7.92. The van der Waals surface area contributed by atoms with Crippen molar-refractivity contribution in [2.45, 2.75) is 27.1 Å². The van der Waals surface area contributed by atoms with Crippen molar-refractivity contribution in [3.8, 4) is 32.6 Å². The van der Waals surface area contributed by atoms with E-state index in [1.54, 1.807) is 41.5 Å². The Labute approximate surface area is 286 Å². The highest BCUT2D eigenvalue weighted by atomic mass is 32.1. The zero-order valence-corrected chi connectivity index (χ0v) is 27.9. The molecule has 10 nitrogen and oxygen atoms in total. The highest BCUT2D eigenvalue weighted by Gasteiger charge is 2.15. The van der Waals surface area contributed by atoms with E-state index in [0.29, 0.717) is 30.3 Å². The number of carbonyl (C=O) groups is 2. The number of esters is 2. The molecule has 4 heterocycles. The van der Waals surface area contributed by atoms with E-state index >= 15 is 0 Å². The van der Waals surface area contributed by atoms with Crippen LogP contribution in [0.5, 0.6) is 11.5 Å². The Bertz CT molecular complexity index is 1740. The summed E-state index contributed by atoms with van der Waals surface area (Å²) >= 11 is 2.81. The number of aromatic nitrogens is 4. The lowest BCUT2D eigenvalue weighted by molar-refractivity contribution is 0.0455. The molecule has 0 radical (unpaired) electrons. The molecular weight excluding hydrogens is 649 g/mol. The lowest BCUT2D eigenvalue weighted by atomic mass is 10.2. The molecule has 0 saturated carbocycles. The summed E-state index contributed by atoms with van der Waals surface area (Å²) < 4.78 is 21.3. The topological polar surface area (TPSA) is 123 Å². The van der Waals surface area contributed by atoms with E-state index < -0.39 is 11.9 Å². The largest absolute Gasteiger partial charge is 0.494 e. The summed E-state index contributed by atoms with van der Waals surface area (Å²) in [6.07, 6.45) is 5.00. The van der Waals surface area contributed by atoms with Crippen LogP contribution in [0.1, 0.15) is 46.1 Å². The molecule has 2 aromatic carbocycles. The fourth-order valence-corrected chi connectivity index (χ4v) is 5.72. The third kappa shape index (κ3) is 9.77. The molecule has 0 bridgehead atoms. The van der Waals surface area contributed by atoms with Crippen LogP contribution in [0.3, 0.4) is 0 Å². The van der Waals surface area contributed by atoms with Crippen molar-refractivity contribution in [3.05, 3.63) is 131 Å². The van der Waals surface area contributed by atoms with Crippen molar-refractivity contribution in [2.75, 3.05) is 13.2 Å². The molecule has 12 heteroatoms. The van der Waals surface area contributed by atoms with Gasteiger partial charge in [-0.2, -0.15) is 0 Å². The second-order valence-corrected chi connectivity index (χ2v) is 11.5. The molecule has 0 N–H and O–H groups in total. The molecular formula is C36H32N4O6S2. The smallest absolute Gasteiger partial charge is 0.358 e. The average Bonchev–Trinajstić information content (AvgIpc) is 3.84. The number of rotatable bonds is 12. The third-order valence-electron chi connectivity index (χ3n) is 6.42. The highest BCUT2D eigenvalue weighted by Crippen LogP contribution is 2.27. The molecule has 0 aliphatic rings. The van der Waals surface area contributed by atoms with Gasteiger partial charge in [-0.15, -0.1) is 22.7 Å². The van der Waals surface area contributed by atoms with E-state index in [1.807, 2.05) is 80.6 Å². The fraction of sp³-hybridized carbons (Fsp3) is 0.167. The maximum atomic E-state index is 12.1. The van der Waals surface area contributed by atoms with Gasteiger partial charge in [-0.25, -0.2) is 19.6 Å². The summed E-state index contributed by atoms with van der Waals surface area (Å²) in [6, 6.07) is 24.4. The fourth-order valence-electron chi connectivity index (χ4n) is 4.12. The monoisotopic (exact) mass is 680 g/mol. The first-order chi connectivity index (χ1) is 23.5. The number of pyridine rings is 2. The van der Waals surface area contributed by atoms with Crippen molar-refractivity contribution in [1.82, 2.24) is 19.9 Å². The first kappa shape index (κ1) is 33.9. The van der Waals surface area contributed by atoms with E-state index in [1.165, 1.54) is 22.7 Å². The summed E-state index contributed by atoms with van der Waals surface area (Å²) in [5.41, 5.74) is 4.04. The Balaban J connectivity index is 0.000000188. The maximum absolute atomic E-state index is 12.1. The Morgan fingerprint density at radius 1 is 0.646 bits per heavy atom. The van der Waals surface area contributed by atoms with E-state index in [4.69, 9.17) is 18.9 Å². The van der Waals surface area contributed by atoms with Crippen LogP contribution >= 0.6 is 22.7 Å². The molecule has 0 aliphatic heterocycles. The van der Waals surface area contributed by atoms with Crippen LogP contribution in [0.2, 0.25) is 0 Å². The van der Waals surface area contributed by atoms with Gasteiger partial charge in [-0.3, -0.25) is 9.97 Å². The van der Waals surface area contributed by atoms with Crippen LogP contribution in [0.25, 0.3) is 21.1 Å². The lowest BCUT2D eigenvalue weighted by Crippen LogP contribution is -2.06. The van der Waals surface area contributed by atoms with Crippen molar-refractivity contribution in [2.24, 2.45) is 0 Å². The normalized spacial score (nSPS) is 10.4. The van der Waals surface area contributed by atoms with Crippen molar-refractivity contribution >= 4 is 34.6 Å². The number of hydrogen-bond acceptors (Lipinski definition) is 12. The molecule has 0 saturated heterocycles. The summed E-state index contributed by atoms with van der Waals surface area (Å²) in [5.74, 6) is 0.739. The predicted molar refractivity (Wildman–Crippen MR) is 184 cm³/mol. The van der Waals surface area contributed by atoms with Gasteiger partial charge in [0.2, 0.25) is 0 Å². The van der Waals surface area contributed by atoms with Crippen LogP contribution < -0.4 is 9.47 Å². The van der Waals surface area contributed by atoms with E-state index in [0.717, 1.165) is 38.2 Å². The Kier molecular flexibility index (Phi) is 12.3. The van der Waals surface area contributed by atoms with E-state index in [-0.39, 0.29) is 13.2 Å². The lowest BCUT2D eigenvalue weighted by Gasteiger charge is -2.03. The van der Waals surface area contributed by atoms with Gasteiger partial charge >= 0.3 is 11.9 Å². The molecule has 4 aromatic heterocycles. The number of carbonyl (C=O) groups excluding carboxylic acids is 2. The molecule has 0 atom stereocenters. The van der Waals surface area contributed by atoms with Gasteiger partial charge in [0.15, 0.2) is 11.4 Å². The number of hydrogen-bond donors (Lipinski definition) is 0. The molecule has 0 amide bonds. The summed E-state index contributed by atoms with van der Waals surface area (Å²) in [7, 11) is 0. The second kappa shape index (κ2) is 17.5. The molecule has 6 aromatic rings. The zero-order chi connectivity index (χ0) is 33.6. The number of ether oxygens (including phenoxy) is 4. The Hall–Kier alpha value is -5.46. The summed E-state index contributed by atoms with van der Waals surface area (Å²) in [4.78, 5) is 41.0. The number of benzene rings is 2. The quantitative estimate of drug-likeness (QED) is 0.118. The first-order valence-corrected chi connectivity index (χ1v) is 16.8. The van der Waals surface area contributed by atoms with E-state index in [9.17, 15) is 9.59 Å². The van der Waals surface area contributed by atoms with Gasteiger partial charge in [0.1, 0.15) is 34.7 Å². The molecule has 0 unspecified atom stereocenters. The Morgan fingerprint density at radius 2 is 1.21 bits per heavy atom. The second-order valence-electron chi connectivity index (χ2n) is 9.83. The number of thiazole rings is 2.